The molecule has 1 atom stereocenters. The van der Waals surface area contributed by atoms with Gasteiger partial charge >= 0.3 is 0 Å². The number of hydrogen-bond acceptors (Lipinski definition) is 5. The van der Waals surface area contributed by atoms with E-state index in [4.69, 9.17) is 5.73 Å². The van der Waals surface area contributed by atoms with Crippen LogP contribution in [0.5, 0.6) is 0 Å². The summed E-state index contributed by atoms with van der Waals surface area (Å²) in [5, 5.41) is 0. The molecule has 0 radical (unpaired) electrons. The summed E-state index contributed by atoms with van der Waals surface area (Å²) in [4.78, 5) is 2.46. The summed E-state index contributed by atoms with van der Waals surface area (Å²) in [5.74, 6) is 1.14. The minimum atomic E-state index is -3.22. The third-order valence-corrected chi connectivity index (χ3v) is 5.92. The van der Waals surface area contributed by atoms with E-state index in [9.17, 15) is 8.42 Å². The van der Waals surface area contributed by atoms with Crippen molar-refractivity contribution in [2.45, 2.75) is 24.4 Å². The summed E-state index contributed by atoms with van der Waals surface area (Å²) in [6.45, 7) is 3.08. The van der Waals surface area contributed by atoms with Crippen molar-refractivity contribution in [1.29, 1.82) is 0 Å². The Hall–Kier alpha value is -0.560. The highest BCUT2D eigenvalue weighted by Gasteiger charge is 2.17. The van der Waals surface area contributed by atoms with Gasteiger partial charge in [0.2, 0.25) is 0 Å². The van der Waals surface area contributed by atoms with Crippen LogP contribution in [0, 0.1) is 0 Å². The molecule has 0 aliphatic rings. The summed E-state index contributed by atoms with van der Waals surface area (Å²) in [6.07, 6.45) is 2.06. The van der Waals surface area contributed by atoms with Crippen molar-refractivity contribution in [1.82, 2.24) is 4.90 Å². The lowest BCUT2D eigenvalue weighted by atomic mass is 10.2. The van der Waals surface area contributed by atoms with Gasteiger partial charge in [0.15, 0.2) is 9.84 Å². The number of nitrogens with two attached hydrogens (primary N) is 1. The SMILES string of the molecule is CSCC(C)N(C)CCS(=O)(=O)c1ccc(CN)cc1. The summed E-state index contributed by atoms with van der Waals surface area (Å²) in [7, 11) is -1.25. The third kappa shape index (κ3) is 5.09. The van der Waals surface area contributed by atoms with Crippen LogP contribution in [0.3, 0.4) is 0 Å². The van der Waals surface area contributed by atoms with Crippen LogP contribution < -0.4 is 5.73 Å². The molecule has 1 aromatic carbocycles. The molecule has 0 saturated heterocycles. The molecule has 0 fully saturated rings. The van der Waals surface area contributed by atoms with Crippen LogP contribution in [0.15, 0.2) is 29.2 Å². The van der Waals surface area contributed by atoms with Gasteiger partial charge in [0.25, 0.3) is 0 Å². The van der Waals surface area contributed by atoms with Crippen LogP contribution in [0.25, 0.3) is 0 Å². The fourth-order valence-electron chi connectivity index (χ4n) is 1.80. The van der Waals surface area contributed by atoms with E-state index < -0.39 is 9.84 Å². The first kappa shape index (κ1) is 17.5. The van der Waals surface area contributed by atoms with E-state index in [-0.39, 0.29) is 5.75 Å². The standard InChI is InChI=1S/C14H24N2O2S2/c1-12(11-19-3)16(2)8-9-20(17,18)14-6-4-13(10-15)5-7-14/h4-7,12H,8-11,15H2,1-3H3. The van der Waals surface area contributed by atoms with Gasteiger partial charge in [-0.1, -0.05) is 12.1 Å². The number of rotatable bonds is 8. The molecule has 0 aliphatic carbocycles. The maximum atomic E-state index is 12.3. The van der Waals surface area contributed by atoms with E-state index in [2.05, 4.69) is 18.1 Å². The number of hydrogen-bond donors (Lipinski definition) is 1. The van der Waals surface area contributed by atoms with E-state index in [1.165, 1.54) is 0 Å². The molecule has 1 rings (SSSR count). The van der Waals surface area contributed by atoms with Crippen LogP contribution in [0.1, 0.15) is 12.5 Å². The van der Waals surface area contributed by atoms with Crippen LogP contribution in [-0.4, -0.2) is 50.7 Å². The fourth-order valence-corrected chi connectivity index (χ4v) is 3.86. The van der Waals surface area contributed by atoms with Crippen LogP contribution in [-0.2, 0) is 16.4 Å². The molecular formula is C14H24N2O2S2. The van der Waals surface area contributed by atoms with E-state index in [1.54, 1.807) is 36.0 Å². The average Bonchev–Trinajstić information content (AvgIpc) is 2.45. The van der Waals surface area contributed by atoms with Crippen molar-refractivity contribution in [3.05, 3.63) is 29.8 Å². The predicted octanol–water partition coefficient (Wildman–Crippen LogP) is 1.60. The summed E-state index contributed by atoms with van der Waals surface area (Å²) in [6, 6.07) is 7.20. The van der Waals surface area contributed by atoms with Crippen LogP contribution >= 0.6 is 11.8 Å². The second-order valence-corrected chi connectivity index (χ2v) is 7.97. The highest BCUT2D eigenvalue weighted by molar-refractivity contribution is 7.98. The van der Waals surface area contributed by atoms with Crippen molar-refractivity contribution < 1.29 is 8.42 Å². The predicted molar refractivity (Wildman–Crippen MR) is 86.9 cm³/mol. The Morgan fingerprint density at radius 2 is 1.90 bits per heavy atom. The largest absolute Gasteiger partial charge is 0.326 e. The van der Waals surface area contributed by atoms with Gasteiger partial charge in [-0.15, -0.1) is 0 Å². The Morgan fingerprint density at radius 1 is 1.30 bits per heavy atom. The molecule has 20 heavy (non-hydrogen) atoms. The normalized spacial score (nSPS) is 13.7. The fraction of sp³-hybridized carbons (Fsp3) is 0.571. The summed E-state index contributed by atoms with van der Waals surface area (Å²) < 4.78 is 24.5. The van der Waals surface area contributed by atoms with E-state index in [0.29, 0.717) is 24.0 Å². The Kier molecular flexibility index (Phi) is 7.02. The number of benzene rings is 1. The highest BCUT2D eigenvalue weighted by atomic mass is 32.2. The molecule has 4 nitrogen and oxygen atoms in total. The molecule has 0 aromatic heterocycles. The van der Waals surface area contributed by atoms with Gasteiger partial charge in [0.1, 0.15) is 0 Å². The third-order valence-electron chi connectivity index (χ3n) is 3.39. The Balaban J connectivity index is 2.65. The Morgan fingerprint density at radius 3 is 2.40 bits per heavy atom. The lowest BCUT2D eigenvalue weighted by Crippen LogP contribution is -2.34. The van der Waals surface area contributed by atoms with Gasteiger partial charge in [-0.25, -0.2) is 8.42 Å². The van der Waals surface area contributed by atoms with Gasteiger partial charge < -0.3 is 10.6 Å². The molecular weight excluding hydrogens is 292 g/mol. The molecule has 0 spiro atoms. The summed E-state index contributed by atoms with van der Waals surface area (Å²) >= 11 is 1.77. The lowest BCUT2D eigenvalue weighted by molar-refractivity contribution is 0.294. The molecule has 1 aromatic rings. The highest BCUT2D eigenvalue weighted by Crippen LogP contribution is 2.13. The first-order chi connectivity index (χ1) is 9.40. The molecule has 0 aliphatic heterocycles. The Bertz CT molecular complexity index is 500. The maximum absolute atomic E-state index is 12.3. The maximum Gasteiger partial charge on any atom is 0.179 e. The van der Waals surface area contributed by atoms with Crippen molar-refractivity contribution in [2.24, 2.45) is 5.73 Å². The van der Waals surface area contributed by atoms with E-state index in [1.807, 2.05) is 7.05 Å². The van der Waals surface area contributed by atoms with Crippen molar-refractivity contribution >= 4 is 21.6 Å². The second kappa shape index (κ2) is 8.02. The monoisotopic (exact) mass is 316 g/mol. The topological polar surface area (TPSA) is 63.4 Å². The minimum Gasteiger partial charge on any atom is -0.326 e. The zero-order chi connectivity index (χ0) is 15.2. The van der Waals surface area contributed by atoms with Crippen LogP contribution in [0.4, 0.5) is 0 Å². The van der Waals surface area contributed by atoms with Gasteiger partial charge in [0, 0.05) is 24.9 Å². The molecule has 0 bridgehead atoms. The average molecular weight is 316 g/mol. The molecule has 6 heteroatoms. The lowest BCUT2D eigenvalue weighted by Gasteiger charge is -2.23. The molecule has 0 amide bonds. The van der Waals surface area contributed by atoms with E-state index in [0.717, 1.165) is 11.3 Å². The van der Waals surface area contributed by atoms with Gasteiger partial charge in [-0.05, 0) is 37.9 Å². The number of thioether (sulfide) groups is 1. The smallest absolute Gasteiger partial charge is 0.179 e. The second-order valence-electron chi connectivity index (χ2n) is 4.95. The van der Waals surface area contributed by atoms with E-state index >= 15 is 0 Å². The number of sulfone groups is 1. The van der Waals surface area contributed by atoms with Crippen molar-refractivity contribution in [3.8, 4) is 0 Å². The molecule has 0 heterocycles. The zero-order valence-corrected chi connectivity index (χ0v) is 14.0. The first-order valence-electron chi connectivity index (χ1n) is 6.61. The van der Waals surface area contributed by atoms with Crippen LogP contribution in [0.2, 0.25) is 0 Å². The number of nitrogens with zero attached hydrogens (tertiary/aromatic N) is 1. The molecule has 114 valence electrons. The zero-order valence-electron chi connectivity index (χ0n) is 12.4. The Labute approximate surface area is 126 Å². The molecule has 2 N–H and O–H groups in total. The first-order valence-corrected chi connectivity index (χ1v) is 9.66. The van der Waals surface area contributed by atoms with Gasteiger partial charge in [-0.2, -0.15) is 11.8 Å². The quantitative estimate of drug-likeness (QED) is 0.789. The van der Waals surface area contributed by atoms with Gasteiger partial charge in [-0.3, -0.25) is 0 Å². The molecule has 1 unspecified atom stereocenters. The van der Waals surface area contributed by atoms with Crippen molar-refractivity contribution in [3.63, 3.8) is 0 Å². The van der Waals surface area contributed by atoms with Crippen molar-refractivity contribution in [2.75, 3.05) is 31.4 Å². The minimum absolute atomic E-state index is 0.143. The molecule has 0 saturated carbocycles. The summed E-state index contributed by atoms with van der Waals surface area (Å²) in [5.41, 5.74) is 6.45. The van der Waals surface area contributed by atoms with Gasteiger partial charge in [0.05, 0.1) is 10.6 Å².